The highest BCUT2D eigenvalue weighted by atomic mass is 16.6. The maximum atomic E-state index is 12.9. The van der Waals surface area contributed by atoms with E-state index in [1.165, 1.54) is 0 Å². The van der Waals surface area contributed by atoms with Crippen LogP contribution in [0.2, 0.25) is 0 Å². The van der Waals surface area contributed by atoms with Crippen LogP contribution in [0.25, 0.3) is 0 Å². The summed E-state index contributed by atoms with van der Waals surface area (Å²) < 4.78 is 0. The van der Waals surface area contributed by atoms with Crippen molar-refractivity contribution in [2.24, 2.45) is 5.16 Å². The molecular weight excluding hydrogens is 370 g/mol. The molecule has 29 heavy (non-hydrogen) atoms. The van der Waals surface area contributed by atoms with E-state index in [9.17, 15) is 14.7 Å². The molecule has 7 heteroatoms. The van der Waals surface area contributed by atoms with Gasteiger partial charge in [0.15, 0.2) is 5.78 Å². The van der Waals surface area contributed by atoms with Gasteiger partial charge in [-0.2, -0.15) is 0 Å². The number of carbonyl (C=O) groups is 2. The average molecular weight is 402 g/mol. The molecule has 0 fully saturated rings. The van der Waals surface area contributed by atoms with E-state index in [2.05, 4.69) is 15.8 Å². The number of urea groups is 1. The zero-order chi connectivity index (χ0) is 21.7. The fourth-order valence-corrected chi connectivity index (χ4v) is 4.05. The molecule has 0 bridgehead atoms. The molecule has 1 atom stereocenters. The van der Waals surface area contributed by atoms with Gasteiger partial charge < -0.3 is 20.6 Å². The molecule has 7 nitrogen and oxygen atoms in total. The summed E-state index contributed by atoms with van der Waals surface area (Å²) in [6, 6.07) is 1.71. The fraction of sp³-hybridized carbons (Fsp3) is 0.500. The summed E-state index contributed by atoms with van der Waals surface area (Å²) >= 11 is 0. The number of Topliss-reactive ketones (excluding diaryl/α,β-unsaturated/α-hetero) is 1. The van der Waals surface area contributed by atoms with Gasteiger partial charge in [0.2, 0.25) is 0 Å². The molecule has 1 aromatic carbocycles. The van der Waals surface area contributed by atoms with Gasteiger partial charge in [-0.05, 0) is 62.3 Å². The molecule has 0 radical (unpaired) electrons. The lowest BCUT2D eigenvalue weighted by Crippen LogP contribution is -2.27. The second kappa shape index (κ2) is 9.58. The molecule has 158 valence electrons. The number of carbonyl (C=O) groups excluding carboxylic acids is 2. The molecule has 0 spiro atoms. The first kappa shape index (κ1) is 22.5. The summed E-state index contributed by atoms with van der Waals surface area (Å²) in [5, 5.41) is 20.1. The topological polar surface area (TPSA) is 100 Å². The monoisotopic (exact) mass is 401 g/mol. The number of nitrogens with zero attached hydrogens (tertiary/aromatic N) is 1. The van der Waals surface area contributed by atoms with Crippen molar-refractivity contribution in [1.82, 2.24) is 5.32 Å². The molecule has 0 aliphatic heterocycles. The van der Waals surface area contributed by atoms with Gasteiger partial charge in [0.1, 0.15) is 12.4 Å². The summed E-state index contributed by atoms with van der Waals surface area (Å²) in [5.74, 6) is -0.256. The highest BCUT2D eigenvalue weighted by Crippen LogP contribution is 2.40. The molecule has 1 aromatic rings. The number of hydrogen-bond acceptors (Lipinski definition) is 5. The molecule has 2 amide bonds. The van der Waals surface area contributed by atoms with Crippen molar-refractivity contribution >= 4 is 23.2 Å². The Morgan fingerprint density at radius 2 is 1.93 bits per heavy atom. The van der Waals surface area contributed by atoms with Crippen LogP contribution in [0.1, 0.15) is 61.3 Å². The summed E-state index contributed by atoms with van der Waals surface area (Å²) in [4.78, 5) is 29.9. The lowest BCUT2D eigenvalue weighted by Gasteiger charge is -2.28. The van der Waals surface area contributed by atoms with Crippen LogP contribution >= 0.6 is 0 Å². The van der Waals surface area contributed by atoms with E-state index in [1.54, 1.807) is 7.05 Å². The number of aliphatic hydroxyl groups excluding tert-OH is 1. The Kier molecular flexibility index (Phi) is 7.42. The van der Waals surface area contributed by atoms with Crippen LogP contribution in [-0.2, 0) is 9.63 Å². The van der Waals surface area contributed by atoms with Crippen molar-refractivity contribution in [3.8, 4) is 0 Å². The first-order valence-electron chi connectivity index (χ1n) is 9.98. The van der Waals surface area contributed by atoms with Crippen LogP contribution < -0.4 is 10.6 Å². The number of rotatable bonds is 6. The molecule has 1 aliphatic carbocycles. The van der Waals surface area contributed by atoms with E-state index in [0.717, 1.165) is 27.9 Å². The fourth-order valence-electron chi connectivity index (χ4n) is 4.05. The smallest absolute Gasteiger partial charge is 0.318 e. The number of ketones is 1. The third-order valence-corrected chi connectivity index (χ3v) is 5.27. The Morgan fingerprint density at radius 1 is 1.24 bits per heavy atom. The molecule has 0 heterocycles. The van der Waals surface area contributed by atoms with Gasteiger partial charge in [0, 0.05) is 25.6 Å². The Morgan fingerprint density at radius 3 is 2.48 bits per heavy atom. The Labute approximate surface area is 172 Å². The van der Waals surface area contributed by atoms with Gasteiger partial charge in [0.05, 0.1) is 11.3 Å². The van der Waals surface area contributed by atoms with Gasteiger partial charge in [-0.1, -0.05) is 18.1 Å². The number of nitrogens with one attached hydrogen (secondary N) is 2. The summed E-state index contributed by atoms with van der Waals surface area (Å²) in [5.41, 5.74) is 5.39. The van der Waals surface area contributed by atoms with Gasteiger partial charge >= 0.3 is 6.03 Å². The van der Waals surface area contributed by atoms with Crippen molar-refractivity contribution in [2.75, 3.05) is 19.0 Å². The van der Waals surface area contributed by atoms with E-state index >= 15 is 0 Å². The first-order valence-corrected chi connectivity index (χ1v) is 9.98. The number of aryl methyl sites for hydroxylation is 2. The van der Waals surface area contributed by atoms with Crippen molar-refractivity contribution in [3.05, 3.63) is 39.7 Å². The highest BCUT2D eigenvalue weighted by Gasteiger charge is 2.33. The van der Waals surface area contributed by atoms with Crippen molar-refractivity contribution in [1.29, 1.82) is 0 Å². The van der Waals surface area contributed by atoms with Gasteiger partial charge in [-0.3, -0.25) is 4.79 Å². The van der Waals surface area contributed by atoms with E-state index in [1.807, 2.05) is 40.7 Å². The van der Waals surface area contributed by atoms with Crippen LogP contribution in [0.4, 0.5) is 10.5 Å². The van der Waals surface area contributed by atoms with Crippen LogP contribution in [-0.4, -0.2) is 36.3 Å². The van der Waals surface area contributed by atoms with Gasteiger partial charge in [0.25, 0.3) is 0 Å². The highest BCUT2D eigenvalue weighted by molar-refractivity contribution is 6.23. The lowest BCUT2D eigenvalue weighted by atomic mass is 9.77. The first-order chi connectivity index (χ1) is 13.7. The van der Waals surface area contributed by atoms with Crippen molar-refractivity contribution in [2.45, 2.75) is 59.8 Å². The Bertz CT molecular complexity index is 871. The lowest BCUT2D eigenvalue weighted by molar-refractivity contribution is -0.116. The number of amides is 2. The molecule has 3 N–H and O–H groups in total. The van der Waals surface area contributed by atoms with E-state index in [4.69, 9.17) is 4.84 Å². The normalized spacial score (nSPS) is 17.4. The number of allylic oxidation sites excluding steroid dienone is 2. The molecule has 0 saturated heterocycles. The predicted octanol–water partition coefficient (Wildman–Crippen LogP) is 4.42. The van der Waals surface area contributed by atoms with Crippen molar-refractivity contribution in [3.63, 3.8) is 0 Å². The van der Waals surface area contributed by atoms with Gasteiger partial charge in [-0.25, -0.2) is 4.79 Å². The minimum Gasteiger partial charge on any atom is -0.511 e. The minimum absolute atomic E-state index is 0.0479. The minimum atomic E-state index is -0.296. The van der Waals surface area contributed by atoms with Gasteiger partial charge in [-0.15, -0.1) is 0 Å². The van der Waals surface area contributed by atoms with Crippen LogP contribution in [0, 0.1) is 20.8 Å². The number of benzene rings is 1. The summed E-state index contributed by atoms with van der Waals surface area (Å²) in [6.45, 7) is 9.97. The zero-order valence-corrected chi connectivity index (χ0v) is 18.1. The standard InChI is InChI=1S/C22H31N3O4/c1-7-16(25-29-8-2)20-17(26)10-15(11-18(20)27)19-12(3)9-13(4)21(14(19)5)24-22(28)23-6/h9,15,26H,7-8,10-11H2,1-6H3,(H2,23,24,28)/b25-16-. The third-order valence-electron chi connectivity index (χ3n) is 5.27. The average Bonchev–Trinajstić information content (AvgIpc) is 2.66. The molecule has 1 aliphatic rings. The SMILES string of the molecule is CCO/N=C(/CC)C1=C(O)CC(c2c(C)cc(C)c(NC(=O)NC)c2C)CC1=O. The Hall–Kier alpha value is -2.83. The molecule has 1 unspecified atom stereocenters. The van der Waals surface area contributed by atoms with Crippen molar-refractivity contribution < 1.29 is 19.5 Å². The molecular formula is C22H31N3O4. The van der Waals surface area contributed by atoms with Crippen LogP contribution in [0.5, 0.6) is 0 Å². The second-order valence-electron chi connectivity index (χ2n) is 7.29. The number of hydrogen-bond donors (Lipinski definition) is 3. The van der Waals surface area contributed by atoms with E-state index < -0.39 is 0 Å². The van der Waals surface area contributed by atoms with Crippen LogP contribution in [0.3, 0.4) is 0 Å². The zero-order valence-electron chi connectivity index (χ0n) is 18.1. The molecule has 2 rings (SSSR count). The third kappa shape index (κ3) is 4.78. The van der Waals surface area contributed by atoms with Crippen LogP contribution in [0.15, 0.2) is 22.6 Å². The molecule has 0 aromatic heterocycles. The Balaban J connectivity index is 2.46. The number of oxime groups is 1. The summed E-state index contributed by atoms with van der Waals surface area (Å²) in [7, 11) is 1.56. The quantitative estimate of drug-likeness (QED) is 0.485. The second-order valence-corrected chi connectivity index (χ2v) is 7.29. The largest absolute Gasteiger partial charge is 0.511 e. The molecule has 0 saturated carbocycles. The maximum Gasteiger partial charge on any atom is 0.318 e. The maximum absolute atomic E-state index is 12.9. The van der Waals surface area contributed by atoms with E-state index in [0.29, 0.717) is 25.2 Å². The number of anilines is 1. The predicted molar refractivity (Wildman–Crippen MR) is 115 cm³/mol. The van der Waals surface area contributed by atoms with E-state index in [-0.39, 0.29) is 35.5 Å². The summed E-state index contributed by atoms with van der Waals surface area (Å²) in [6.07, 6.45) is 1.11. The number of aliphatic hydroxyl groups is 1.